The van der Waals surface area contributed by atoms with E-state index in [-0.39, 0.29) is 6.42 Å². The number of hydrogen-bond donors (Lipinski definition) is 1. The Morgan fingerprint density at radius 1 is 1.00 bits per heavy atom. The molecule has 34 heavy (non-hydrogen) atoms. The summed E-state index contributed by atoms with van der Waals surface area (Å²) in [6.45, 7) is -0.419. The van der Waals surface area contributed by atoms with E-state index in [1.807, 2.05) is 47.8 Å². The zero-order chi connectivity index (χ0) is 23.9. The van der Waals surface area contributed by atoms with Crippen molar-refractivity contribution in [1.82, 2.24) is 4.98 Å². The second-order valence-electron chi connectivity index (χ2n) is 7.09. The molecule has 0 radical (unpaired) electrons. The van der Waals surface area contributed by atoms with Gasteiger partial charge in [-0.05, 0) is 23.6 Å². The van der Waals surface area contributed by atoms with E-state index in [1.54, 1.807) is 29.5 Å². The fourth-order valence-electron chi connectivity index (χ4n) is 3.21. The Kier molecular flexibility index (Phi) is 7.56. The molecule has 7 nitrogen and oxygen atoms in total. The van der Waals surface area contributed by atoms with Crippen LogP contribution in [-0.2, 0) is 20.7 Å². The van der Waals surface area contributed by atoms with Gasteiger partial charge >= 0.3 is 5.97 Å². The van der Waals surface area contributed by atoms with E-state index >= 15 is 0 Å². The second kappa shape index (κ2) is 11.0. The molecular weight excluding hydrogens is 472 g/mol. The second-order valence-corrected chi connectivity index (χ2v) is 9.12. The largest absolute Gasteiger partial charge is 0.497 e. The van der Waals surface area contributed by atoms with Crippen LogP contribution >= 0.6 is 22.7 Å². The van der Waals surface area contributed by atoms with Gasteiger partial charge in [0.15, 0.2) is 6.61 Å². The van der Waals surface area contributed by atoms with Gasteiger partial charge in [0.25, 0.3) is 5.91 Å². The van der Waals surface area contributed by atoms with Gasteiger partial charge in [0, 0.05) is 16.5 Å². The standard InChI is InChI=1S/C25H22N2O5S2/c1-30-17-10-11-19(31-2)18(13-17)26-22(28)15-32-23(29)14-21-24(20-9-6-12-33-20)27-25(34-21)16-7-4-3-5-8-16/h3-13H,14-15H2,1-2H3,(H,26,28). The Morgan fingerprint density at radius 2 is 1.82 bits per heavy atom. The van der Waals surface area contributed by atoms with Crippen LogP contribution in [0.2, 0.25) is 0 Å². The van der Waals surface area contributed by atoms with E-state index in [0.29, 0.717) is 17.2 Å². The average Bonchev–Trinajstić information content (AvgIpc) is 3.53. The number of nitrogens with one attached hydrogen (secondary N) is 1. The Balaban J connectivity index is 1.43. The van der Waals surface area contributed by atoms with Crippen molar-refractivity contribution in [2.24, 2.45) is 0 Å². The number of nitrogens with zero attached hydrogens (tertiary/aromatic N) is 1. The number of aromatic nitrogens is 1. The van der Waals surface area contributed by atoms with Crippen LogP contribution in [0.4, 0.5) is 5.69 Å². The molecule has 0 spiro atoms. The third-order valence-corrected chi connectivity index (χ3v) is 6.80. The van der Waals surface area contributed by atoms with Crippen LogP contribution < -0.4 is 14.8 Å². The highest BCUT2D eigenvalue weighted by molar-refractivity contribution is 7.17. The minimum Gasteiger partial charge on any atom is -0.497 e. The smallest absolute Gasteiger partial charge is 0.311 e. The predicted molar refractivity (Wildman–Crippen MR) is 134 cm³/mol. The number of esters is 1. The molecule has 2 heterocycles. The molecule has 9 heteroatoms. The van der Waals surface area contributed by atoms with E-state index in [9.17, 15) is 9.59 Å². The topological polar surface area (TPSA) is 86.8 Å². The number of benzene rings is 2. The number of hydrogen-bond acceptors (Lipinski definition) is 8. The molecule has 0 saturated carbocycles. The Morgan fingerprint density at radius 3 is 2.53 bits per heavy atom. The van der Waals surface area contributed by atoms with E-state index in [4.69, 9.17) is 19.2 Å². The first kappa shape index (κ1) is 23.5. The van der Waals surface area contributed by atoms with Crippen LogP contribution in [0.25, 0.3) is 21.1 Å². The molecule has 0 aliphatic heterocycles. The summed E-state index contributed by atoms with van der Waals surface area (Å²) in [5.74, 6) is 0.0503. The zero-order valence-electron chi connectivity index (χ0n) is 18.6. The van der Waals surface area contributed by atoms with Crippen molar-refractivity contribution in [1.29, 1.82) is 0 Å². The summed E-state index contributed by atoms with van der Waals surface area (Å²) in [5.41, 5.74) is 2.18. The van der Waals surface area contributed by atoms with Gasteiger partial charge in [0.2, 0.25) is 0 Å². The molecule has 0 unspecified atom stereocenters. The summed E-state index contributed by atoms with van der Waals surface area (Å²) < 4.78 is 15.7. The van der Waals surface area contributed by atoms with Crippen LogP contribution in [0.3, 0.4) is 0 Å². The normalized spacial score (nSPS) is 10.5. The summed E-state index contributed by atoms with van der Waals surface area (Å²) in [7, 11) is 3.03. The predicted octanol–water partition coefficient (Wildman–Crippen LogP) is 5.28. The van der Waals surface area contributed by atoms with E-state index in [0.717, 1.165) is 26.0 Å². The van der Waals surface area contributed by atoms with Gasteiger partial charge in [-0.2, -0.15) is 0 Å². The zero-order valence-corrected chi connectivity index (χ0v) is 20.2. The molecule has 0 atom stereocenters. The molecular formula is C25H22N2O5S2. The number of ether oxygens (including phenoxy) is 3. The molecule has 4 aromatic rings. The highest BCUT2D eigenvalue weighted by Gasteiger charge is 2.19. The van der Waals surface area contributed by atoms with Gasteiger partial charge in [-0.3, -0.25) is 9.59 Å². The Hall–Kier alpha value is -3.69. The maximum absolute atomic E-state index is 12.6. The van der Waals surface area contributed by atoms with Gasteiger partial charge in [0.1, 0.15) is 16.5 Å². The molecule has 4 rings (SSSR count). The summed E-state index contributed by atoms with van der Waals surface area (Å²) >= 11 is 3.01. The van der Waals surface area contributed by atoms with Crippen LogP contribution in [0, 0.1) is 0 Å². The third-order valence-electron chi connectivity index (χ3n) is 4.82. The molecule has 0 fully saturated rings. The number of carbonyl (C=O) groups excluding carboxylic acids is 2. The fraction of sp³-hybridized carbons (Fsp3) is 0.160. The molecule has 0 aliphatic carbocycles. The molecule has 2 aromatic heterocycles. The van der Waals surface area contributed by atoms with E-state index in [1.165, 1.54) is 25.6 Å². The maximum Gasteiger partial charge on any atom is 0.311 e. The summed E-state index contributed by atoms with van der Waals surface area (Å²) in [6, 6.07) is 18.8. The molecule has 174 valence electrons. The van der Waals surface area contributed by atoms with Gasteiger partial charge < -0.3 is 19.5 Å². The maximum atomic E-state index is 12.6. The van der Waals surface area contributed by atoms with Crippen molar-refractivity contribution in [2.45, 2.75) is 6.42 Å². The van der Waals surface area contributed by atoms with Gasteiger partial charge in [-0.1, -0.05) is 36.4 Å². The minimum absolute atomic E-state index is 0.0213. The van der Waals surface area contributed by atoms with Crippen LogP contribution in [0.5, 0.6) is 11.5 Å². The summed E-state index contributed by atoms with van der Waals surface area (Å²) in [5, 5.41) is 5.48. The van der Waals surface area contributed by atoms with Crippen LogP contribution in [0.15, 0.2) is 66.0 Å². The first-order valence-electron chi connectivity index (χ1n) is 10.3. The summed E-state index contributed by atoms with van der Waals surface area (Å²) in [4.78, 5) is 31.5. The molecule has 0 aliphatic rings. The number of rotatable bonds is 9. The Bertz CT molecular complexity index is 1270. The lowest BCUT2D eigenvalue weighted by Crippen LogP contribution is -2.22. The lowest BCUT2D eigenvalue weighted by molar-refractivity contribution is -0.146. The number of thiazole rings is 1. The highest BCUT2D eigenvalue weighted by Crippen LogP contribution is 2.36. The van der Waals surface area contributed by atoms with Gasteiger partial charge in [-0.25, -0.2) is 4.98 Å². The number of amides is 1. The van der Waals surface area contributed by atoms with Gasteiger partial charge in [0.05, 0.1) is 36.9 Å². The van der Waals surface area contributed by atoms with Crippen molar-refractivity contribution in [3.8, 4) is 32.6 Å². The lowest BCUT2D eigenvalue weighted by atomic mass is 10.2. The van der Waals surface area contributed by atoms with Crippen molar-refractivity contribution in [3.63, 3.8) is 0 Å². The number of carbonyl (C=O) groups is 2. The Labute approximate surface area is 205 Å². The SMILES string of the molecule is COc1ccc(OC)c(NC(=O)COC(=O)Cc2sc(-c3ccccc3)nc2-c2cccs2)c1. The third kappa shape index (κ3) is 5.62. The van der Waals surface area contributed by atoms with Crippen molar-refractivity contribution < 1.29 is 23.8 Å². The monoisotopic (exact) mass is 494 g/mol. The summed E-state index contributed by atoms with van der Waals surface area (Å²) in [6.07, 6.45) is 0.0213. The molecule has 1 N–H and O–H groups in total. The highest BCUT2D eigenvalue weighted by atomic mass is 32.1. The van der Waals surface area contributed by atoms with Crippen molar-refractivity contribution >= 4 is 40.2 Å². The minimum atomic E-state index is -0.506. The van der Waals surface area contributed by atoms with E-state index < -0.39 is 18.5 Å². The number of methoxy groups -OCH3 is 2. The lowest BCUT2D eigenvalue weighted by Gasteiger charge is -2.12. The van der Waals surface area contributed by atoms with Crippen LogP contribution in [0.1, 0.15) is 4.88 Å². The quantitative estimate of drug-likeness (QED) is 0.319. The number of anilines is 1. The van der Waals surface area contributed by atoms with Crippen molar-refractivity contribution in [3.05, 3.63) is 70.9 Å². The molecule has 1 amide bonds. The van der Waals surface area contributed by atoms with Crippen molar-refractivity contribution in [2.75, 3.05) is 26.1 Å². The fourth-order valence-corrected chi connectivity index (χ4v) is 5.08. The molecule has 0 saturated heterocycles. The van der Waals surface area contributed by atoms with Gasteiger partial charge in [-0.15, -0.1) is 22.7 Å². The first-order valence-corrected chi connectivity index (χ1v) is 12.0. The first-order chi connectivity index (χ1) is 16.6. The molecule has 2 aromatic carbocycles. The average molecular weight is 495 g/mol. The number of thiophene rings is 1. The van der Waals surface area contributed by atoms with Crippen LogP contribution in [-0.4, -0.2) is 37.7 Å². The molecule has 0 bridgehead atoms. The van der Waals surface area contributed by atoms with E-state index in [2.05, 4.69) is 5.32 Å².